The third-order valence-electron chi connectivity index (χ3n) is 4.34. The predicted molar refractivity (Wildman–Crippen MR) is 108 cm³/mol. The van der Waals surface area contributed by atoms with Crippen molar-refractivity contribution in [3.63, 3.8) is 0 Å². The highest BCUT2D eigenvalue weighted by atomic mass is 35.5. The summed E-state index contributed by atoms with van der Waals surface area (Å²) in [5.74, 6) is 0.960. The maximum absolute atomic E-state index is 6.18. The van der Waals surface area contributed by atoms with E-state index in [1.54, 1.807) is 18.4 Å². The minimum Gasteiger partial charge on any atom is -0.468 e. The second kappa shape index (κ2) is 8.90. The first-order chi connectivity index (χ1) is 12.1. The molecule has 0 radical (unpaired) electrons. The van der Waals surface area contributed by atoms with Crippen LogP contribution in [0.25, 0.3) is 0 Å². The number of hydrogen-bond acceptors (Lipinski definition) is 3. The third kappa shape index (κ3) is 5.11. The summed E-state index contributed by atoms with van der Waals surface area (Å²) in [4.78, 5) is 2.45. The van der Waals surface area contributed by atoms with Gasteiger partial charge in [0.05, 0.1) is 23.0 Å². The molecule has 0 aliphatic carbocycles. The number of benzene rings is 1. The average molecular weight is 398 g/mol. The minimum absolute atomic E-state index is 0.163. The number of anilines is 1. The predicted octanol–water partition coefficient (Wildman–Crippen LogP) is 5.10. The summed E-state index contributed by atoms with van der Waals surface area (Å²) in [6, 6.07) is 9.39. The van der Waals surface area contributed by atoms with E-state index in [1.807, 2.05) is 18.2 Å². The number of nitrogens with zero attached hydrogens (tertiary/aromatic N) is 1. The topological polar surface area (TPSA) is 40.4 Å². The fourth-order valence-electron chi connectivity index (χ4n) is 3.07. The fourth-order valence-corrected chi connectivity index (χ4v) is 3.72. The summed E-state index contributed by atoms with van der Waals surface area (Å²) < 4.78 is 5.65. The van der Waals surface area contributed by atoms with Crippen molar-refractivity contribution in [1.82, 2.24) is 10.2 Å². The van der Waals surface area contributed by atoms with Gasteiger partial charge in [0.15, 0.2) is 5.11 Å². The number of furan rings is 1. The molecule has 0 spiro atoms. The number of hydrogen-bond donors (Lipinski definition) is 2. The molecule has 1 fully saturated rings. The molecule has 1 aliphatic rings. The summed E-state index contributed by atoms with van der Waals surface area (Å²) in [6.45, 7) is 2.83. The second-order valence-electron chi connectivity index (χ2n) is 6.09. The summed E-state index contributed by atoms with van der Waals surface area (Å²) >= 11 is 17.5. The molecular weight excluding hydrogens is 377 g/mol. The Hall–Kier alpha value is -1.27. The van der Waals surface area contributed by atoms with Crippen LogP contribution in [0.2, 0.25) is 10.0 Å². The van der Waals surface area contributed by atoms with Crippen molar-refractivity contribution in [2.45, 2.75) is 25.3 Å². The maximum Gasteiger partial charge on any atom is 0.170 e. The molecule has 0 bridgehead atoms. The molecule has 0 saturated carbocycles. The van der Waals surface area contributed by atoms with Crippen molar-refractivity contribution < 1.29 is 4.42 Å². The molecular formula is C18H21Cl2N3OS. The zero-order valence-electron chi connectivity index (χ0n) is 13.8. The number of nitrogens with one attached hydrogen (secondary N) is 2. The van der Waals surface area contributed by atoms with Crippen LogP contribution in [-0.2, 0) is 0 Å². The van der Waals surface area contributed by atoms with Gasteiger partial charge in [-0.15, -0.1) is 0 Å². The first kappa shape index (κ1) is 18.5. The fraction of sp³-hybridized carbons (Fsp3) is 0.389. The molecule has 1 atom stereocenters. The molecule has 3 rings (SSSR count). The van der Waals surface area contributed by atoms with Gasteiger partial charge in [0.25, 0.3) is 0 Å². The van der Waals surface area contributed by atoms with Crippen molar-refractivity contribution in [2.24, 2.45) is 0 Å². The van der Waals surface area contributed by atoms with Gasteiger partial charge in [-0.25, -0.2) is 0 Å². The molecule has 1 aliphatic heterocycles. The van der Waals surface area contributed by atoms with Gasteiger partial charge in [0.1, 0.15) is 5.76 Å². The molecule has 2 heterocycles. The zero-order chi connectivity index (χ0) is 17.6. The van der Waals surface area contributed by atoms with Crippen LogP contribution in [0.4, 0.5) is 5.69 Å². The van der Waals surface area contributed by atoms with Crippen LogP contribution in [0.15, 0.2) is 41.0 Å². The number of likely N-dealkylation sites (tertiary alicyclic amines) is 1. The van der Waals surface area contributed by atoms with Crippen molar-refractivity contribution in [3.05, 3.63) is 52.4 Å². The number of piperidine rings is 1. The zero-order valence-corrected chi connectivity index (χ0v) is 16.1. The van der Waals surface area contributed by atoms with Crippen LogP contribution in [0, 0.1) is 0 Å². The van der Waals surface area contributed by atoms with Gasteiger partial charge in [-0.2, -0.15) is 0 Å². The van der Waals surface area contributed by atoms with Crippen LogP contribution >= 0.6 is 35.4 Å². The number of rotatable bonds is 5. The summed E-state index contributed by atoms with van der Waals surface area (Å²) in [7, 11) is 0. The van der Waals surface area contributed by atoms with Crippen LogP contribution in [0.3, 0.4) is 0 Å². The minimum atomic E-state index is 0.163. The van der Waals surface area contributed by atoms with E-state index in [2.05, 4.69) is 15.5 Å². The molecule has 4 nitrogen and oxygen atoms in total. The van der Waals surface area contributed by atoms with Gasteiger partial charge >= 0.3 is 0 Å². The third-order valence-corrected chi connectivity index (χ3v) is 5.13. The first-order valence-corrected chi connectivity index (χ1v) is 9.57. The van der Waals surface area contributed by atoms with E-state index in [0.717, 1.165) is 24.5 Å². The Labute approximate surface area is 163 Å². The van der Waals surface area contributed by atoms with Gasteiger partial charge in [0.2, 0.25) is 0 Å². The molecule has 1 saturated heterocycles. The van der Waals surface area contributed by atoms with Crippen molar-refractivity contribution in [3.8, 4) is 0 Å². The van der Waals surface area contributed by atoms with E-state index in [1.165, 1.54) is 19.3 Å². The SMILES string of the molecule is S=C(NCC(c1ccco1)N1CCCCC1)Nc1ccc(Cl)cc1Cl. The molecule has 1 unspecified atom stereocenters. The lowest BCUT2D eigenvalue weighted by atomic mass is 10.1. The second-order valence-corrected chi connectivity index (χ2v) is 7.34. The molecule has 7 heteroatoms. The molecule has 134 valence electrons. The Kier molecular flexibility index (Phi) is 6.59. The highest BCUT2D eigenvalue weighted by molar-refractivity contribution is 7.80. The van der Waals surface area contributed by atoms with E-state index in [0.29, 0.717) is 21.7 Å². The lowest BCUT2D eigenvalue weighted by Crippen LogP contribution is -2.41. The number of thiocarbonyl (C=S) groups is 1. The lowest BCUT2D eigenvalue weighted by Gasteiger charge is -2.33. The Morgan fingerprint density at radius 3 is 2.68 bits per heavy atom. The van der Waals surface area contributed by atoms with Crippen molar-refractivity contribution >= 4 is 46.2 Å². The van der Waals surface area contributed by atoms with Gasteiger partial charge in [0, 0.05) is 11.6 Å². The van der Waals surface area contributed by atoms with E-state index < -0.39 is 0 Å². The summed E-state index contributed by atoms with van der Waals surface area (Å²) in [5, 5.41) is 8.07. The van der Waals surface area contributed by atoms with Crippen LogP contribution in [0.5, 0.6) is 0 Å². The molecule has 1 aromatic heterocycles. The summed E-state index contributed by atoms with van der Waals surface area (Å²) in [5.41, 5.74) is 0.732. The van der Waals surface area contributed by atoms with Gasteiger partial charge < -0.3 is 15.1 Å². The Balaban J connectivity index is 1.61. The Bertz CT molecular complexity index is 702. The van der Waals surface area contributed by atoms with Crippen molar-refractivity contribution in [2.75, 3.05) is 25.0 Å². The van der Waals surface area contributed by atoms with Crippen LogP contribution in [-0.4, -0.2) is 29.6 Å². The van der Waals surface area contributed by atoms with E-state index in [9.17, 15) is 0 Å². The largest absolute Gasteiger partial charge is 0.468 e. The van der Waals surface area contributed by atoms with Crippen molar-refractivity contribution in [1.29, 1.82) is 0 Å². The molecule has 2 aromatic rings. The van der Waals surface area contributed by atoms with E-state index in [4.69, 9.17) is 39.8 Å². The van der Waals surface area contributed by atoms with Crippen LogP contribution in [0.1, 0.15) is 31.1 Å². The molecule has 1 aromatic carbocycles. The first-order valence-electron chi connectivity index (χ1n) is 8.41. The monoisotopic (exact) mass is 397 g/mol. The molecule has 25 heavy (non-hydrogen) atoms. The normalized spacial score (nSPS) is 16.4. The van der Waals surface area contributed by atoms with Gasteiger partial charge in [-0.05, 0) is 68.5 Å². The maximum atomic E-state index is 6.18. The quantitative estimate of drug-likeness (QED) is 0.686. The standard InChI is InChI=1S/C18H21Cl2N3OS/c19-13-6-7-15(14(20)11-13)22-18(25)21-12-16(17-5-4-10-24-17)23-8-2-1-3-9-23/h4-7,10-11,16H,1-3,8-9,12H2,(H2,21,22,25). The highest BCUT2D eigenvalue weighted by Crippen LogP contribution is 2.26. The Morgan fingerprint density at radius 2 is 2.00 bits per heavy atom. The van der Waals surface area contributed by atoms with Gasteiger partial charge in [-0.3, -0.25) is 4.90 Å². The molecule has 0 amide bonds. The molecule has 2 N–H and O–H groups in total. The number of halogens is 2. The Morgan fingerprint density at radius 1 is 1.20 bits per heavy atom. The summed E-state index contributed by atoms with van der Waals surface area (Å²) in [6.07, 6.45) is 5.46. The van der Waals surface area contributed by atoms with E-state index in [-0.39, 0.29) is 6.04 Å². The van der Waals surface area contributed by atoms with Crippen LogP contribution < -0.4 is 10.6 Å². The van der Waals surface area contributed by atoms with E-state index >= 15 is 0 Å². The average Bonchev–Trinajstić information content (AvgIpc) is 3.13. The highest BCUT2D eigenvalue weighted by Gasteiger charge is 2.24. The smallest absolute Gasteiger partial charge is 0.170 e. The van der Waals surface area contributed by atoms with Gasteiger partial charge in [-0.1, -0.05) is 29.6 Å². The lowest BCUT2D eigenvalue weighted by molar-refractivity contribution is 0.146.